The third-order valence-corrected chi connectivity index (χ3v) is 5.03. The third-order valence-electron chi connectivity index (χ3n) is 5.03. The van der Waals surface area contributed by atoms with E-state index in [4.69, 9.17) is 0 Å². The van der Waals surface area contributed by atoms with E-state index in [1.807, 2.05) is 42.6 Å². The number of aromatic amines is 1. The number of amides is 1. The van der Waals surface area contributed by atoms with Crippen molar-refractivity contribution in [1.82, 2.24) is 20.8 Å². The number of rotatable bonds is 2. The van der Waals surface area contributed by atoms with Gasteiger partial charge in [0, 0.05) is 29.2 Å². The van der Waals surface area contributed by atoms with Gasteiger partial charge in [0.25, 0.3) is 5.91 Å². The molecule has 2 aliphatic rings. The van der Waals surface area contributed by atoms with Crippen molar-refractivity contribution in [1.29, 1.82) is 0 Å². The predicted molar refractivity (Wildman–Crippen MR) is 93.9 cm³/mol. The molecule has 0 bridgehead atoms. The second-order valence-corrected chi connectivity index (χ2v) is 6.38. The molecule has 1 aromatic heterocycles. The number of hydrogen-bond donors (Lipinski definition) is 4. The highest BCUT2D eigenvalue weighted by Gasteiger charge is 2.43. The molecule has 3 unspecified atom stereocenters. The van der Waals surface area contributed by atoms with Crippen LogP contribution in [0.3, 0.4) is 0 Å². The Kier molecular flexibility index (Phi) is 3.11. The molecular formula is C19H17N5O. The molecule has 2 aromatic carbocycles. The van der Waals surface area contributed by atoms with E-state index in [1.54, 1.807) is 6.20 Å². The first-order valence-corrected chi connectivity index (χ1v) is 8.32. The van der Waals surface area contributed by atoms with E-state index >= 15 is 0 Å². The van der Waals surface area contributed by atoms with E-state index in [-0.39, 0.29) is 23.9 Å². The number of hydrogen-bond acceptors (Lipinski definition) is 4. The summed E-state index contributed by atoms with van der Waals surface area (Å²) in [7, 11) is 0. The first-order chi connectivity index (χ1) is 12.3. The Labute approximate surface area is 144 Å². The van der Waals surface area contributed by atoms with Crippen LogP contribution in [-0.2, 0) is 0 Å². The number of carbonyl (C=O) groups is 1. The Morgan fingerprint density at radius 3 is 2.64 bits per heavy atom. The summed E-state index contributed by atoms with van der Waals surface area (Å²) in [5.74, 6) is 0.786. The topological polar surface area (TPSA) is 81.8 Å². The Bertz CT molecular complexity index is 922. The molecule has 0 spiro atoms. The standard InChI is InChI=1S/C19H17N5O/c25-19-12-7-4-8-13-14(12)17(23-24-19)15(18-20-9-10-21-18)16(22-13)11-5-2-1-3-6-11/h1-10,15-17,22-23H,(H,20,21)(H,24,25). The van der Waals surface area contributed by atoms with Gasteiger partial charge in [-0.2, -0.15) is 0 Å². The van der Waals surface area contributed by atoms with E-state index in [2.05, 4.69) is 38.3 Å². The molecule has 0 saturated carbocycles. The van der Waals surface area contributed by atoms with Gasteiger partial charge >= 0.3 is 0 Å². The number of aromatic nitrogens is 2. The lowest BCUT2D eigenvalue weighted by atomic mass is 9.77. The molecule has 0 aliphatic carbocycles. The molecule has 0 fully saturated rings. The summed E-state index contributed by atoms with van der Waals surface area (Å²) < 4.78 is 0. The Morgan fingerprint density at radius 2 is 1.84 bits per heavy atom. The summed E-state index contributed by atoms with van der Waals surface area (Å²) in [6.45, 7) is 0. The molecule has 4 N–H and O–H groups in total. The monoisotopic (exact) mass is 331 g/mol. The molecule has 3 atom stereocenters. The molecule has 6 heteroatoms. The number of nitrogens with zero attached hydrogens (tertiary/aromatic N) is 1. The van der Waals surface area contributed by atoms with Crippen LogP contribution in [0.2, 0.25) is 0 Å². The average molecular weight is 331 g/mol. The zero-order chi connectivity index (χ0) is 16.8. The van der Waals surface area contributed by atoms with Crippen LogP contribution in [0, 0.1) is 0 Å². The fourth-order valence-corrected chi connectivity index (χ4v) is 3.95. The van der Waals surface area contributed by atoms with Crippen molar-refractivity contribution in [2.24, 2.45) is 0 Å². The molecule has 0 radical (unpaired) electrons. The highest BCUT2D eigenvalue weighted by atomic mass is 16.2. The zero-order valence-corrected chi connectivity index (χ0v) is 13.4. The van der Waals surface area contributed by atoms with Crippen LogP contribution in [0.5, 0.6) is 0 Å². The third kappa shape index (κ3) is 2.15. The molecule has 6 nitrogen and oxygen atoms in total. The number of H-pyrrole nitrogens is 1. The van der Waals surface area contributed by atoms with E-state index in [9.17, 15) is 4.79 Å². The summed E-state index contributed by atoms with van der Waals surface area (Å²) >= 11 is 0. The second kappa shape index (κ2) is 5.46. The van der Waals surface area contributed by atoms with Crippen molar-refractivity contribution in [2.45, 2.75) is 18.0 Å². The van der Waals surface area contributed by atoms with Gasteiger partial charge in [-0.05, 0) is 17.7 Å². The van der Waals surface area contributed by atoms with Crippen LogP contribution in [0.1, 0.15) is 45.3 Å². The summed E-state index contributed by atoms with van der Waals surface area (Å²) in [5.41, 5.74) is 9.88. The van der Waals surface area contributed by atoms with Crippen molar-refractivity contribution in [3.63, 3.8) is 0 Å². The molecule has 3 aromatic rings. The van der Waals surface area contributed by atoms with Crippen LogP contribution in [-0.4, -0.2) is 15.9 Å². The number of carbonyl (C=O) groups excluding carboxylic acids is 1. The number of hydrazine groups is 1. The number of anilines is 1. The fraction of sp³-hybridized carbons (Fsp3) is 0.158. The minimum absolute atomic E-state index is 0.00616. The molecule has 2 aliphatic heterocycles. The SMILES string of the molecule is O=C1NNC2c3c(cccc31)NC(c1ccccc1)C2c1ncc[nH]1. The summed E-state index contributed by atoms with van der Waals surface area (Å²) in [5, 5.41) is 3.63. The van der Waals surface area contributed by atoms with Gasteiger partial charge < -0.3 is 10.3 Å². The first kappa shape index (κ1) is 14.2. The first-order valence-electron chi connectivity index (χ1n) is 8.32. The summed E-state index contributed by atoms with van der Waals surface area (Å²) in [6, 6.07) is 16.1. The van der Waals surface area contributed by atoms with E-state index < -0.39 is 0 Å². The van der Waals surface area contributed by atoms with Gasteiger partial charge in [-0.3, -0.25) is 10.2 Å². The molecule has 25 heavy (non-hydrogen) atoms. The highest BCUT2D eigenvalue weighted by Crippen LogP contribution is 2.49. The van der Waals surface area contributed by atoms with Gasteiger partial charge in [0.15, 0.2) is 0 Å². The average Bonchev–Trinajstić information content (AvgIpc) is 3.19. The van der Waals surface area contributed by atoms with Gasteiger partial charge in [-0.1, -0.05) is 36.4 Å². The molecule has 3 heterocycles. The molecular weight excluding hydrogens is 314 g/mol. The maximum atomic E-state index is 12.2. The Balaban J connectivity index is 1.72. The maximum Gasteiger partial charge on any atom is 0.265 e. The van der Waals surface area contributed by atoms with Crippen LogP contribution < -0.4 is 16.2 Å². The lowest BCUT2D eigenvalue weighted by Crippen LogP contribution is -2.50. The van der Waals surface area contributed by atoms with Crippen molar-refractivity contribution < 1.29 is 4.79 Å². The zero-order valence-electron chi connectivity index (χ0n) is 13.4. The number of nitrogens with one attached hydrogen (secondary N) is 4. The maximum absolute atomic E-state index is 12.2. The van der Waals surface area contributed by atoms with Crippen molar-refractivity contribution >= 4 is 11.6 Å². The minimum atomic E-state index is -0.105. The van der Waals surface area contributed by atoms with Gasteiger partial charge in [0.05, 0.1) is 18.0 Å². The summed E-state index contributed by atoms with van der Waals surface area (Å²) in [6.07, 6.45) is 3.60. The number of benzene rings is 2. The minimum Gasteiger partial charge on any atom is -0.377 e. The van der Waals surface area contributed by atoms with Gasteiger partial charge in [-0.15, -0.1) is 0 Å². The lowest BCUT2D eigenvalue weighted by molar-refractivity contribution is 0.0898. The quantitative estimate of drug-likeness (QED) is 0.582. The lowest BCUT2D eigenvalue weighted by Gasteiger charge is -2.43. The van der Waals surface area contributed by atoms with E-state index in [1.165, 1.54) is 5.56 Å². The van der Waals surface area contributed by atoms with Crippen molar-refractivity contribution in [3.8, 4) is 0 Å². The van der Waals surface area contributed by atoms with Crippen molar-refractivity contribution in [3.05, 3.63) is 83.4 Å². The van der Waals surface area contributed by atoms with Crippen LogP contribution >= 0.6 is 0 Å². The molecule has 0 saturated heterocycles. The Morgan fingerprint density at radius 1 is 0.960 bits per heavy atom. The second-order valence-electron chi connectivity index (χ2n) is 6.38. The van der Waals surface area contributed by atoms with Crippen LogP contribution in [0.25, 0.3) is 0 Å². The predicted octanol–water partition coefficient (Wildman–Crippen LogP) is 2.65. The smallest absolute Gasteiger partial charge is 0.265 e. The van der Waals surface area contributed by atoms with Gasteiger partial charge in [0.2, 0.25) is 0 Å². The van der Waals surface area contributed by atoms with Crippen LogP contribution in [0.15, 0.2) is 60.9 Å². The van der Waals surface area contributed by atoms with Gasteiger partial charge in [-0.25, -0.2) is 10.4 Å². The Hall–Kier alpha value is -3.12. The van der Waals surface area contributed by atoms with Crippen molar-refractivity contribution in [2.75, 3.05) is 5.32 Å². The molecule has 124 valence electrons. The highest BCUT2D eigenvalue weighted by molar-refractivity contribution is 5.98. The van der Waals surface area contributed by atoms with Crippen LogP contribution in [0.4, 0.5) is 5.69 Å². The summed E-state index contributed by atoms with van der Waals surface area (Å²) in [4.78, 5) is 20.0. The molecule has 1 amide bonds. The normalized spacial score (nSPS) is 24.2. The fourth-order valence-electron chi connectivity index (χ4n) is 3.95. The molecule has 5 rings (SSSR count). The van der Waals surface area contributed by atoms with Gasteiger partial charge in [0.1, 0.15) is 5.82 Å². The largest absolute Gasteiger partial charge is 0.377 e. The van der Waals surface area contributed by atoms with E-state index in [0.717, 1.165) is 17.1 Å². The van der Waals surface area contributed by atoms with E-state index in [0.29, 0.717) is 5.56 Å². The number of imidazole rings is 1.